The molecule has 1 aromatic carbocycles. The van der Waals surface area contributed by atoms with Gasteiger partial charge >= 0.3 is 0 Å². The first kappa shape index (κ1) is 11.1. The number of rotatable bonds is 3. The van der Waals surface area contributed by atoms with Crippen molar-refractivity contribution in [1.82, 2.24) is 0 Å². The summed E-state index contributed by atoms with van der Waals surface area (Å²) < 4.78 is 5.28. The Morgan fingerprint density at radius 2 is 1.86 bits per heavy atom. The lowest BCUT2D eigenvalue weighted by Crippen LogP contribution is -1.94. The van der Waals surface area contributed by atoms with Crippen molar-refractivity contribution in [2.45, 2.75) is 13.8 Å². The normalized spacial score (nSPS) is 10.0. The lowest BCUT2D eigenvalue weighted by molar-refractivity contribution is 0.408. The van der Waals surface area contributed by atoms with Gasteiger partial charge in [0.05, 0.1) is 7.11 Å². The van der Waals surface area contributed by atoms with E-state index in [-0.39, 0.29) is 0 Å². The smallest absolute Gasteiger partial charge is 0.124 e. The number of ether oxygens (including phenoxy) is 1. The van der Waals surface area contributed by atoms with Crippen LogP contribution < -0.4 is 4.74 Å². The average Bonchev–Trinajstić information content (AvgIpc) is 2.16. The van der Waals surface area contributed by atoms with E-state index in [1.54, 1.807) is 7.11 Å². The van der Waals surface area contributed by atoms with Crippen LogP contribution in [-0.2, 0) is 0 Å². The van der Waals surface area contributed by atoms with Crippen LogP contribution in [0.4, 0.5) is 0 Å². The van der Waals surface area contributed by atoms with Crippen LogP contribution in [0.3, 0.4) is 0 Å². The van der Waals surface area contributed by atoms with Gasteiger partial charge in [0.2, 0.25) is 0 Å². The predicted molar refractivity (Wildman–Crippen MR) is 62.2 cm³/mol. The summed E-state index contributed by atoms with van der Waals surface area (Å²) in [6.07, 6.45) is 0. The van der Waals surface area contributed by atoms with Crippen LogP contribution in [0.2, 0.25) is 0 Å². The van der Waals surface area contributed by atoms with Crippen LogP contribution in [0.5, 0.6) is 5.75 Å². The topological polar surface area (TPSA) is 9.23 Å². The maximum Gasteiger partial charge on any atom is 0.124 e. The van der Waals surface area contributed by atoms with E-state index in [0.717, 1.165) is 28.0 Å². The molecule has 0 aliphatic rings. The van der Waals surface area contributed by atoms with Crippen LogP contribution in [0.1, 0.15) is 16.7 Å². The molecule has 0 fully saturated rings. The highest BCUT2D eigenvalue weighted by molar-refractivity contribution is 6.23. The van der Waals surface area contributed by atoms with E-state index >= 15 is 0 Å². The SMILES string of the molecule is C=C(CCl)c1cc(C)c(OC)c(C)c1. The molecule has 1 aromatic rings. The highest BCUT2D eigenvalue weighted by Crippen LogP contribution is 2.27. The van der Waals surface area contributed by atoms with Gasteiger partial charge in [0.15, 0.2) is 0 Å². The fraction of sp³-hybridized carbons (Fsp3) is 0.333. The molecule has 0 atom stereocenters. The van der Waals surface area contributed by atoms with Crippen molar-refractivity contribution >= 4 is 17.2 Å². The van der Waals surface area contributed by atoms with Gasteiger partial charge in [-0.15, -0.1) is 11.6 Å². The van der Waals surface area contributed by atoms with Crippen molar-refractivity contribution < 1.29 is 4.74 Å². The molecular formula is C12H15ClO. The summed E-state index contributed by atoms with van der Waals surface area (Å²) in [5.74, 6) is 1.40. The molecule has 14 heavy (non-hydrogen) atoms. The number of allylic oxidation sites excluding steroid dienone is 1. The van der Waals surface area contributed by atoms with Crippen molar-refractivity contribution in [2.24, 2.45) is 0 Å². The maximum atomic E-state index is 5.73. The highest BCUT2D eigenvalue weighted by atomic mass is 35.5. The summed E-state index contributed by atoms with van der Waals surface area (Å²) in [6, 6.07) is 4.10. The molecule has 76 valence electrons. The predicted octanol–water partition coefficient (Wildman–Crippen LogP) is 3.56. The van der Waals surface area contributed by atoms with Crippen LogP contribution in [0, 0.1) is 13.8 Å². The summed E-state index contributed by atoms with van der Waals surface area (Å²) in [4.78, 5) is 0. The number of hydrogen-bond donors (Lipinski definition) is 0. The average molecular weight is 211 g/mol. The van der Waals surface area contributed by atoms with Crippen LogP contribution >= 0.6 is 11.6 Å². The quantitative estimate of drug-likeness (QED) is 0.694. The molecule has 0 aliphatic heterocycles. The summed E-state index contributed by atoms with van der Waals surface area (Å²) in [6.45, 7) is 7.96. The van der Waals surface area contributed by atoms with Gasteiger partial charge in [-0.1, -0.05) is 6.58 Å². The Kier molecular flexibility index (Phi) is 3.59. The standard InChI is InChI=1S/C12H15ClO/c1-8-5-11(10(3)7-13)6-9(2)12(8)14-4/h5-6H,3,7H2,1-2,4H3. The molecule has 0 radical (unpaired) electrons. The second kappa shape index (κ2) is 4.52. The van der Waals surface area contributed by atoms with Gasteiger partial charge in [0.1, 0.15) is 5.75 Å². The largest absolute Gasteiger partial charge is 0.496 e. The molecule has 0 aromatic heterocycles. The first-order valence-corrected chi connectivity index (χ1v) is 5.03. The third-order valence-electron chi connectivity index (χ3n) is 2.23. The number of hydrogen-bond acceptors (Lipinski definition) is 1. The molecular weight excluding hydrogens is 196 g/mol. The van der Waals surface area contributed by atoms with Crippen LogP contribution in [-0.4, -0.2) is 13.0 Å². The summed E-state index contributed by atoms with van der Waals surface area (Å²) in [7, 11) is 1.69. The molecule has 1 nitrogen and oxygen atoms in total. The summed E-state index contributed by atoms with van der Waals surface area (Å²) in [5, 5.41) is 0. The Hall–Kier alpha value is -0.950. The van der Waals surface area contributed by atoms with Gasteiger partial charge in [-0.3, -0.25) is 0 Å². The van der Waals surface area contributed by atoms with E-state index in [4.69, 9.17) is 16.3 Å². The number of aryl methyl sites for hydroxylation is 2. The van der Waals surface area contributed by atoms with Gasteiger partial charge in [-0.05, 0) is 48.2 Å². The van der Waals surface area contributed by atoms with E-state index in [1.807, 2.05) is 13.8 Å². The molecule has 0 saturated carbocycles. The second-order valence-electron chi connectivity index (χ2n) is 3.38. The zero-order chi connectivity index (χ0) is 10.7. The van der Waals surface area contributed by atoms with Crippen molar-refractivity contribution in [3.05, 3.63) is 35.4 Å². The van der Waals surface area contributed by atoms with Gasteiger partial charge in [0.25, 0.3) is 0 Å². The fourth-order valence-electron chi connectivity index (χ4n) is 1.55. The molecule has 0 spiro atoms. The zero-order valence-corrected chi connectivity index (χ0v) is 9.61. The second-order valence-corrected chi connectivity index (χ2v) is 3.65. The van der Waals surface area contributed by atoms with Crippen molar-refractivity contribution in [3.63, 3.8) is 0 Å². The molecule has 2 heteroatoms. The van der Waals surface area contributed by atoms with E-state index in [2.05, 4.69) is 18.7 Å². The number of alkyl halides is 1. The van der Waals surface area contributed by atoms with Gasteiger partial charge < -0.3 is 4.74 Å². The van der Waals surface area contributed by atoms with Gasteiger partial charge in [-0.2, -0.15) is 0 Å². The Balaban J connectivity index is 3.20. The Morgan fingerprint density at radius 1 is 1.36 bits per heavy atom. The minimum Gasteiger partial charge on any atom is -0.496 e. The minimum atomic E-state index is 0.464. The molecule has 0 N–H and O–H groups in total. The van der Waals surface area contributed by atoms with Gasteiger partial charge in [-0.25, -0.2) is 0 Å². The highest BCUT2D eigenvalue weighted by Gasteiger charge is 2.06. The summed E-state index contributed by atoms with van der Waals surface area (Å²) >= 11 is 5.73. The molecule has 0 aliphatic carbocycles. The zero-order valence-electron chi connectivity index (χ0n) is 8.86. The first-order chi connectivity index (χ1) is 6.60. The molecule has 0 heterocycles. The van der Waals surface area contributed by atoms with Crippen molar-refractivity contribution in [3.8, 4) is 5.75 Å². The molecule has 0 unspecified atom stereocenters. The van der Waals surface area contributed by atoms with Gasteiger partial charge in [0, 0.05) is 5.88 Å². The monoisotopic (exact) mass is 210 g/mol. The fourth-order valence-corrected chi connectivity index (χ4v) is 1.71. The van der Waals surface area contributed by atoms with Crippen molar-refractivity contribution in [1.29, 1.82) is 0 Å². The first-order valence-electron chi connectivity index (χ1n) is 4.49. The number of benzene rings is 1. The van der Waals surface area contributed by atoms with E-state index in [0.29, 0.717) is 5.88 Å². The number of halogens is 1. The molecule has 0 amide bonds. The van der Waals surface area contributed by atoms with Crippen LogP contribution in [0.25, 0.3) is 5.57 Å². The van der Waals surface area contributed by atoms with E-state index in [9.17, 15) is 0 Å². The lowest BCUT2D eigenvalue weighted by Gasteiger charge is -2.11. The molecule has 0 bridgehead atoms. The Bertz CT molecular complexity index is 332. The summed E-state index contributed by atoms with van der Waals surface area (Å²) in [5.41, 5.74) is 4.28. The minimum absolute atomic E-state index is 0.464. The van der Waals surface area contributed by atoms with Crippen molar-refractivity contribution in [2.75, 3.05) is 13.0 Å². The third kappa shape index (κ3) is 2.10. The van der Waals surface area contributed by atoms with E-state index in [1.165, 1.54) is 0 Å². The third-order valence-corrected chi connectivity index (χ3v) is 2.56. The van der Waals surface area contributed by atoms with E-state index < -0.39 is 0 Å². The Morgan fingerprint density at radius 3 is 2.21 bits per heavy atom. The van der Waals surface area contributed by atoms with Crippen LogP contribution in [0.15, 0.2) is 18.7 Å². The molecule has 1 rings (SSSR count). The number of methoxy groups -OCH3 is 1. The maximum absolute atomic E-state index is 5.73. The molecule has 0 saturated heterocycles. The Labute approximate surface area is 90.3 Å². The lowest BCUT2D eigenvalue weighted by atomic mass is 10.0.